The summed E-state index contributed by atoms with van der Waals surface area (Å²) < 4.78 is 14.3. The first-order valence-corrected chi connectivity index (χ1v) is 5.43. The topological polar surface area (TPSA) is 68.8 Å². The second kappa shape index (κ2) is 4.82. The first kappa shape index (κ1) is 11.4. The van der Waals surface area contributed by atoms with Crippen molar-refractivity contribution in [2.24, 2.45) is 0 Å². The van der Waals surface area contributed by atoms with Crippen LogP contribution < -0.4 is 11.1 Å². The molecule has 0 spiro atoms. The number of aromatic nitrogens is 3. The van der Waals surface area contributed by atoms with Crippen LogP contribution in [0.4, 0.5) is 16.3 Å². The lowest BCUT2D eigenvalue weighted by atomic mass is 10.3. The average molecular weight is 235 g/mol. The Bertz CT molecular complexity index is 491. The third-order valence-electron chi connectivity index (χ3n) is 2.24. The molecule has 6 heteroatoms. The first-order chi connectivity index (χ1) is 8.20. The van der Waals surface area contributed by atoms with E-state index in [1.165, 1.54) is 16.8 Å². The molecule has 2 rings (SSSR count). The van der Waals surface area contributed by atoms with Gasteiger partial charge in [-0.25, -0.2) is 4.39 Å². The van der Waals surface area contributed by atoms with E-state index in [2.05, 4.69) is 15.4 Å². The Morgan fingerprint density at radius 3 is 2.71 bits per heavy atom. The monoisotopic (exact) mass is 235 g/mol. The van der Waals surface area contributed by atoms with Gasteiger partial charge < -0.3 is 11.1 Å². The maximum Gasteiger partial charge on any atom is 0.244 e. The van der Waals surface area contributed by atoms with E-state index >= 15 is 0 Å². The van der Waals surface area contributed by atoms with E-state index in [0.29, 0.717) is 11.6 Å². The van der Waals surface area contributed by atoms with Crippen molar-refractivity contribution in [2.75, 3.05) is 17.6 Å². The predicted octanol–water partition coefficient (Wildman–Crippen LogP) is 1.81. The molecule has 0 saturated heterocycles. The number of halogens is 1. The normalized spacial score (nSPS) is 10.5. The number of nitrogen functional groups attached to an aromatic ring is 1. The second-order valence-electron chi connectivity index (χ2n) is 3.61. The lowest BCUT2D eigenvalue weighted by molar-refractivity contribution is 0.627. The van der Waals surface area contributed by atoms with Gasteiger partial charge in [-0.3, -0.25) is 0 Å². The Kier molecular flexibility index (Phi) is 3.22. The quantitative estimate of drug-likeness (QED) is 0.848. The highest BCUT2D eigenvalue weighted by Gasteiger charge is 2.07. The van der Waals surface area contributed by atoms with Crippen molar-refractivity contribution in [3.63, 3.8) is 0 Å². The maximum absolute atomic E-state index is 12.8. The van der Waals surface area contributed by atoms with Crippen LogP contribution in [0.2, 0.25) is 0 Å². The third kappa shape index (κ3) is 2.52. The summed E-state index contributed by atoms with van der Waals surface area (Å²) in [5, 5.41) is 7.23. The molecule has 0 radical (unpaired) electrons. The minimum atomic E-state index is -0.295. The van der Waals surface area contributed by atoms with Crippen LogP contribution in [-0.4, -0.2) is 21.3 Å². The summed E-state index contributed by atoms with van der Waals surface area (Å²) in [5.74, 6) is 0.459. The number of anilines is 2. The largest absolute Gasteiger partial charge is 0.368 e. The zero-order valence-electron chi connectivity index (χ0n) is 9.52. The van der Waals surface area contributed by atoms with E-state index in [9.17, 15) is 4.39 Å². The summed E-state index contributed by atoms with van der Waals surface area (Å²) >= 11 is 0. The number of nitrogens with one attached hydrogen (secondary N) is 1. The van der Waals surface area contributed by atoms with Crippen LogP contribution in [0.5, 0.6) is 0 Å². The minimum absolute atomic E-state index is 0.273. The Labute approximate surface area is 98.5 Å². The summed E-state index contributed by atoms with van der Waals surface area (Å²) in [6.45, 7) is 2.83. The van der Waals surface area contributed by atoms with Gasteiger partial charge in [-0.15, -0.1) is 5.10 Å². The molecule has 0 bridgehead atoms. The van der Waals surface area contributed by atoms with E-state index in [0.717, 1.165) is 13.0 Å². The van der Waals surface area contributed by atoms with Gasteiger partial charge in [0, 0.05) is 6.54 Å². The fourth-order valence-electron chi connectivity index (χ4n) is 1.41. The van der Waals surface area contributed by atoms with Crippen LogP contribution in [0.3, 0.4) is 0 Å². The molecular weight excluding hydrogens is 221 g/mol. The summed E-state index contributed by atoms with van der Waals surface area (Å²) in [6, 6.07) is 5.92. The van der Waals surface area contributed by atoms with E-state index in [4.69, 9.17) is 5.73 Å². The molecule has 2 aromatic rings. The number of hydrogen-bond donors (Lipinski definition) is 2. The van der Waals surface area contributed by atoms with Gasteiger partial charge in [0.1, 0.15) is 5.82 Å². The van der Waals surface area contributed by atoms with E-state index in [-0.39, 0.29) is 11.8 Å². The zero-order chi connectivity index (χ0) is 12.3. The van der Waals surface area contributed by atoms with E-state index in [1.807, 2.05) is 6.92 Å². The molecular formula is C11H14FN5. The highest BCUT2D eigenvalue weighted by atomic mass is 19.1. The minimum Gasteiger partial charge on any atom is -0.368 e. The number of rotatable bonds is 4. The van der Waals surface area contributed by atoms with E-state index in [1.54, 1.807) is 12.1 Å². The molecule has 0 aliphatic rings. The predicted molar refractivity (Wildman–Crippen MR) is 64.5 cm³/mol. The molecule has 1 aromatic heterocycles. The molecule has 3 N–H and O–H groups in total. The molecule has 0 fully saturated rings. The van der Waals surface area contributed by atoms with Gasteiger partial charge in [0.25, 0.3) is 0 Å². The van der Waals surface area contributed by atoms with Crippen molar-refractivity contribution < 1.29 is 4.39 Å². The zero-order valence-corrected chi connectivity index (χ0v) is 9.52. The molecule has 17 heavy (non-hydrogen) atoms. The van der Waals surface area contributed by atoms with Crippen LogP contribution in [0.25, 0.3) is 5.69 Å². The van der Waals surface area contributed by atoms with Crippen LogP contribution in [-0.2, 0) is 0 Å². The fourth-order valence-corrected chi connectivity index (χ4v) is 1.41. The van der Waals surface area contributed by atoms with Gasteiger partial charge in [0.15, 0.2) is 0 Å². The Morgan fingerprint density at radius 1 is 1.35 bits per heavy atom. The molecule has 0 saturated carbocycles. The van der Waals surface area contributed by atoms with Crippen molar-refractivity contribution in [2.45, 2.75) is 13.3 Å². The lowest BCUT2D eigenvalue weighted by Gasteiger charge is -2.01. The highest BCUT2D eigenvalue weighted by Crippen LogP contribution is 2.14. The Balaban J connectivity index is 2.26. The Hall–Kier alpha value is -2.11. The lowest BCUT2D eigenvalue weighted by Crippen LogP contribution is -2.03. The molecule has 0 unspecified atom stereocenters. The summed E-state index contributed by atoms with van der Waals surface area (Å²) in [6.07, 6.45) is 0.977. The van der Waals surface area contributed by atoms with E-state index < -0.39 is 0 Å². The molecule has 0 aliphatic heterocycles. The smallest absolute Gasteiger partial charge is 0.244 e. The van der Waals surface area contributed by atoms with Crippen LogP contribution in [0.1, 0.15) is 13.3 Å². The molecule has 0 amide bonds. The summed E-state index contributed by atoms with van der Waals surface area (Å²) in [4.78, 5) is 4.07. The highest BCUT2D eigenvalue weighted by molar-refractivity contribution is 5.41. The van der Waals surface area contributed by atoms with Crippen molar-refractivity contribution in [1.29, 1.82) is 0 Å². The number of benzene rings is 1. The molecule has 1 aromatic carbocycles. The average Bonchev–Trinajstić information content (AvgIpc) is 2.69. The maximum atomic E-state index is 12.8. The van der Waals surface area contributed by atoms with Gasteiger partial charge in [-0.2, -0.15) is 9.67 Å². The molecule has 90 valence electrons. The van der Waals surface area contributed by atoms with Gasteiger partial charge in [-0.1, -0.05) is 6.92 Å². The number of hydrogen-bond acceptors (Lipinski definition) is 4. The molecule has 0 atom stereocenters. The Morgan fingerprint density at radius 2 is 2.06 bits per heavy atom. The van der Waals surface area contributed by atoms with Crippen molar-refractivity contribution in [3.05, 3.63) is 30.1 Å². The SMILES string of the molecule is CCCNc1nc(N)n(-c2ccc(F)cc2)n1. The van der Waals surface area contributed by atoms with Gasteiger partial charge in [0.2, 0.25) is 11.9 Å². The van der Waals surface area contributed by atoms with Crippen molar-refractivity contribution >= 4 is 11.9 Å². The standard InChI is InChI=1S/C11H14FN5/c1-2-7-14-11-15-10(13)17(16-11)9-5-3-8(12)4-6-9/h3-6H,2,7H2,1H3,(H3,13,14,15,16). The van der Waals surface area contributed by atoms with Crippen LogP contribution in [0, 0.1) is 5.82 Å². The van der Waals surface area contributed by atoms with Crippen molar-refractivity contribution in [3.8, 4) is 5.69 Å². The molecule has 1 heterocycles. The van der Waals surface area contributed by atoms with Gasteiger partial charge >= 0.3 is 0 Å². The first-order valence-electron chi connectivity index (χ1n) is 5.43. The number of nitrogens with two attached hydrogens (primary N) is 1. The number of nitrogens with zero attached hydrogens (tertiary/aromatic N) is 3. The van der Waals surface area contributed by atoms with Gasteiger partial charge in [0.05, 0.1) is 5.69 Å². The van der Waals surface area contributed by atoms with Crippen molar-refractivity contribution in [1.82, 2.24) is 14.8 Å². The summed E-state index contributed by atoms with van der Waals surface area (Å²) in [7, 11) is 0. The van der Waals surface area contributed by atoms with Crippen LogP contribution in [0.15, 0.2) is 24.3 Å². The second-order valence-corrected chi connectivity index (χ2v) is 3.61. The fraction of sp³-hybridized carbons (Fsp3) is 0.273. The molecule has 0 aliphatic carbocycles. The third-order valence-corrected chi connectivity index (χ3v) is 2.24. The van der Waals surface area contributed by atoms with Crippen LogP contribution >= 0.6 is 0 Å². The molecule has 5 nitrogen and oxygen atoms in total. The summed E-state index contributed by atoms with van der Waals surface area (Å²) in [5.41, 5.74) is 6.42. The van der Waals surface area contributed by atoms with Gasteiger partial charge in [-0.05, 0) is 30.7 Å².